The lowest BCUT2D eigenvalue weighted by atomic mass is 9.87. The van der Waals surface area contributed by atoms with E-state index in [4.69, 9.17) is 5.11 Å². The summed E-state index contributed by atoms with van der Waals surface area (Å²) in [5.74, 6) is -0.624. The summed E-state index contributed by atoms with van der Waals surface area (Å²) < 4.78 is 1.98. The van der Waals surface area contributed by atoms with Gasteiger partial charge in [0, 0.05) is 32.4 Å². The minimum atomic E-state index is -0.687. The van der Waals surface area contributed by atoms with Gasteiger partial charge >= 0.3 is 5.97 Å². The van der Waals surface area contributed by atoms with Gasteiger partial charge in [-0.15, -0.1) is 0 Å². The Hall–Kier alpha value is -1.36. The first kappa shape index (κ1) is 12.1. The van der Waals surface area contributed by atoms with E-state index in [0.29, 0.717) is 5.92 Å². The van der Waals surface area contributed by atoms with Gasteiger partial charge in [0.05, 0.1) is 11.6 Å². The van der Waals surface area contributed by atoms with Gasteiger partial charge in [-0.25, -0.2) is 0 Å². The summed E-state index contributed by atoms with van der Waals surface area (Å²) >= 11 is 0. The Balaban J connectivity index is 1.83. The monoisotopic (exact) mass is 237 g/mol. The molecule has 1 fully saturated rings. The smallest absolute Gasteiger partial charge is 0.306 e. The van der Waals surface area contributed by atoms with Crippen molar-refractivity contribution in [1.29, 1.82) is 0 Å². The number of hydrogen-bond donors (Lipinski definition) is 1. The Morgan fingerprint density at radius 1 is 1.65 bits per heavy atom. The molecule has 1 atom stereocenters. The van der Waals surface area contributed by atoms with Crippen LogP contribution in [0.25, 0.3) is 0 Å². The van der Waals surface area contributed by atoms with Crippen molar-refractivity contribution in [3.05, 3.63) is 18.0 Å². The van der Waals surface area contributed by atoms with Gasteiger partial charge in [0.15, 0.2) is 0 Å². The van der Waals surface area contributed by atoms with Crippen LogP contribution in [0.3, 0.4) is 0 Å². The highest BCUT2D eigenvalue weighted by atomic mass is 16.4. The van der Waals surface area contributed by atoms with Crippen LogP contribution < -0.4 is 0 Å². The van der Waals surface area contributed by atoms with Gasteiger partial charge in [-0.2, -0.15) is 5.10 Å². The number of carboxylic acid groups (broad SMARTS) is 1. The third kappa shape index (κ3) is 2.49. The molecule has 0 aromatic carbocycles. The number of rotatable bonds is 5. The number of nitrogens with zero attached hydrogens (tertiary/aromatic N) is 3. The molecule has 5 heteroatoms. The highest BCUT2D eigenvalue weighted by Gasteiger charge is 2.34. The zero-order valence-corrected chi connectivity index (χ0v) is 10.3. The molecule has 94 valence electrons. The van der Waals surface area contributed by atoms with Crippen LogP contribution in [0.15, 0.2) is 12.3 Å². The highest BCUT2D eigenvalue weighted by molar-refractivity contribution is 5.70. The Morgan fingerprint density at radius 3 is 2.94 bits per heavy atom. The van der Waals surface area contributed by atoms with E-state index in [1.807, 2.05) is 16.9 Å². The van der Waals surface area contributed by atoms with Crippen LogP contribution in [-0.4, -0.2) is 38.8 Å². The summed E-state index contributed by atoms with van der Waals surface area (Å²) in [5.41, 5.74) is 1.20. The molecule has 5 nitrogen and oxygen atoms in total. The predicted molar refractivity (Wildman–Crippen MR) is 63.5 cm³/mol. The summed E-state index contributed by atoms with van der Waals surface area (Å²) in [4.78, 5) is 13.1. The lowest BCUT2D eigenvalue weighted by molar-refractivity contribution is -0.145. The van der Waals surface area contributed by atoms with E-state index < -0.39 is 5.97 Å². The molecule has 1 aromatic heterocycles. The fourth-order valence-electron chi connectivity index (χ4n) is 2.26. The standard InChI is InChI=1S/C12H19N3O2/c1-3-15-11(4-5-13-15)8-14-6-10(7-14)9(2)12(16)17/h4-5,9-10H,3,6-8H2,1-2H3,(H,16,17). The predicted octanol–water partition coefficient (Wildman–Crippen LogP) is 1.06. The van der Waals surface area contributed by atoms with Crippen molar-refractivity contribution < 1.29 is 9.90 Å². The molecule has 1 N–H and O–H groups in total. The van der Waals surface area contributed by atoms with Gasteiger partial charge in [-0.3, -0.25) is 14.4 Å². The first-order valence-electron chi connectivity index (χ1n) is 6.07. The minimum Gasteiger partial charge on any atom is -0.481 e. The largest absolute Gasteiger partial charge is 0.481 e. The van der Waals surface area contributed by atoms with Crippen molar-refractivity contribution in [2.45, 2.75) is 26.9 Å². The van der Waals surface area contributed by atoms with Gasteiger partial charge in [-0.05, 0) is 18.9 Å². The molecule has 0 saturated carbocycles. The molecule has 17 heavy (non-hydrogen) atoms. The number of likely N-dealkylation sites (tertiary alicyclic amines) is 1. The van der Waals surface area contributed by atoms with Crippen molar-refractivity contribution in [2.24, 2.45) is 11.8 Å². The van der Waals surface area contributed by atoms with Crippen LogP contribution in [0.4, 0.5) is 0 Å². The normalized spacial score (nSPS) is 18.9. The van der Waals surface area contributed by atoms with E-state index in [9.17, 15) is 4.79 Å². The Kier molecular flexibility index (Phi) is 3.47. The average molecular weight is 237 g/mol. The van der Waals surface area contributed by atoms with E-state index in [1.165, 1.54) is 5.69 Å². The van der Waals surface area contributed by atoms with Crippen LogP contribution in [0.1, 0.15) is 19.5 Å². The number of aryl methyl sites for hydroxylation is 1. The first-order valence-corrected chi connectivity index (χ1v) is 6.07. The Bertz CT molecular complexity index is 396. The molecular weight excluding hydrogens is 218 g/mol. The second-order valence-electron chi connectivity index (χ2n) is 4.72. The number of aromatic nitrogens is 2. The quantitative estimate of drug-likeness (QED) is 0.831. The van der Waals surface area contributed by atoms with Gasteiger partial charge in [0.1, 0.15) is 0 Å². The topological polar surface area (TPSA) is 58.4 Å². The van der Waals surface area contributed by atoms with Gasteiger partial charge in [0.2, 0.25) is 0 Å². The van der Waals surface area contributed by atoms with Gasteiger partial charge < -0.3 is 5.11 Å². The molecule has 1 aliphatic rings. The van der Waals surface area contributed by atoms with Gasteiger partial charge in [0.25, 0.3) is 0 Å². The van der Waals surface area contributed by atoms with Crippen LogP contribution in [0.5, 0.6) is 0 Å². The molecule has 1 unspecified atom stereocenters. The van der Waals surface area contributed by atoms with E-state index in [-0.39, 0.29) is 5.92 Å². The number of carbonyl (C=O) groups is 1. The second-order valence-corrected chi connectivity index (χ2v) is 4.72. The third-order valence-electron chi connectivity index (χ3n) is 3.57. The van der Waals surface area contributed by atoms with Crippen molar-refractivity contribution in [2.75, 3.05) is 13.1 Å². The number of aliphatic carboxylic acids is 1. The fraction of sp³-hybridized carbons (Fsp3) is 0.667. The molecule has 2 rings (SSSR count). The van der Waals surface area contributed by atoms with E-state index in [0.717, 1.165) is 26.2 Å². The zero-order valence-electron chi connectivity index (χ0n) is 10.3. The number of carboxylic acids is 1. The molecular formula is C12H19N3O2. The molecule has 0 spiro atoms. The SMILES string of the molecule is CCn1nccc1CN1CC(C(C)C(=O)O)C1. The van der Waals surface area contributed by atoms with Crippen LogP contribution in [0, 0.1) is 11.8 Å². The Morgan fingerprint density at radius 2 is 2.35 bits per heavy atom. The molecule has 0 amide bonds. The van der Waals surface area contributed by atoms with Gasteiger partial charge in [-0.1, -0.05) is 6.92 Å². The third-order valence-corrected chi connectivity index (χ3v) is 3.57. The van der Waals surface area contributed by atoms with Crippen molar-refractivity contribution in [3.63, 3.8) is 0 Å². The van der Waals surface area contributed by atoms with E-state index in [2.05, 4.69) is 16.9 Å². The molecule has 1 aromatic rings. The lowest BCUT2D eigenvalue weighted by Crippen LogP contribution is -2.50. The maximum Gasteiger partial charge on any atom is 0.306 e. The summed E-state index contributed by atoms with van der Waals surface area (Å²) in [5, 5.41) is 13.1. The second kappa shape index (κ2) is 4.87. The highest BCUT2D eigenvalue weighted by Crippen LogP contribution is 2.25. The first-order chi connectivity index (χ1) is 8.11. The maximum absolute atomic E-state index is 10.8. The van der Waals surface area contributed by atoms with Crippen LogP contribution in [-0.2, 0) is 17.9 Å². The fourth-order valence-corrected chi connectivity index (χ4v) is 2.26. The molecule has 0 bridgehead atoms. The van der Waals surface area contributed by atoms with Crippen molar-refractivity contribution >= 4 is 5.97 Å². The zero-order chi connectivity index (χ0) is 12.4. The molecule has 0 aliphatic carbocycles. The summed E-state index contributed by atoms with van der Waals surface area (Å²) in [6, 6.07) is 2.03. The molecule has 2 heterocycles. The molecule has 1 aliphatic heterocycles. The minimum absolute atomic E-state index is 0.234. The lowest BCUT2D eigenvalue weighted by Gasteiger charge is -2.41. The molecule has 0 radical (unpaired) electrons. The maximum atomic E-state index is 10.8. The Labute approximate surface area is 101 Å². The van der Waals surface area contributed by atoms with E-state index in [1.54, 1.807) is 6.92 Å². The number of hydrogen-bond acceptors (Lipinski definition) is 3. The van der Waals surface area contributed by atoms with Crippen molar-refractivity contribution in [1.82, 2.24) is 14.7 Å². The molecule has 1 saturated heterocycles. The summed E-state index contributed by atoms with van der Waals surface area (Å²) in [7, 11) is 0. The van der Waals surface area contributed by atoms with Crippen LogP contribution >= 0.6 is 0 Å². The van der Waals surface area contributed by atoms with Crippen molar-refractivity contribution in [3.8, 4) is 0 Å². The van der Waals surface area contributed by atoms with Crippen LogP contribution in [0.2, 0.25) is 0 Å². The summed E-state index contributed by atoms with van der Waals surface area (Å²) in [6.45, 7) is 7.37. The van der Waals surface area contributed by atoms with E-state index >= 15 is 0 Å². The average Bonchev–Trinajstić information content (AvgIpc) is 2.68. The summed E-state index contributed by atoms with van der Waals surface area (Å²) in [6.07, 6.45) is 1.82.